The molecule has 2 N–H and O–H groups in total. The van der Waals surface area contributed by atoms with E-state index < -0.39 is 23.7 Å². The van der Waals surface area contributed by atoms with Crippen LogP contribution in [0, 0.1) is 0 Å². The Morgan fingerprint density at radius 2 is 1.18 bits per heavy atom. The molecule has 0 radical (unpaired) electrons. The number of hydrogen-bond acceptors (Lipinski definition) is 4. The van der Waals surface area contributed by atoms with Crippen LogP contribution in [0.4, 0.5) is 0 Å². The Bertz CT molecular complexity index is 783. The number of rotatable bonds is 7. The van der Waals surface area contributed by atoms with Crippen molar-refractivity contribution >= 4 is 5.97 Å². The van der Waals surface area contributed by atoms with Crippen LogP contribution in [0.5, 0.6) is 0 Å². The molecule has 0 aliphatic rings. The van der Waals surface area contributed by atoms with Crippen LogP contribution in [-0.2, 0) is 15.1 Å². The first-order valence-corrected chi connectivity index (χ1v) is 9.29. The molecule has 0 bridgehead atoms. The van der Waals surface area contributed by atoms with E-state index in [1.54, 1.807) is 6.92 Å². The number of esters is 1. The van der Waals surface area contributed by atoms with Crippen LogP contribution in [0.1, 0.15) is 23.6 Å². The molecule has 0 saturated heterocycles. The third-order valence-corrected chi connectivity index (χ3v) is 4.93. The predicted molar refractivity (Wildman–Crippen MR) is 110 cm³/mol. The van der Waals surface area contributed by atoms with Crippen molar-refractivity contribution in [1.29, 1.82) is 0 Å². The highest BCUT2D eigenvalue weighted by molar-refractivity contribution is 5.77. The van der Waals surface area contributed by atoms with Gasteiger partial charge in [0.15, 0.2) is 0 Å². The summed E-state index contributed by atoms with van der Waals surface area (Å²) in [6.07, 6.45) is -0.942. The largest absolute Gasteiger partial charge is 0.468 e. The molecule has 0 aliphatic heterocycles. The highest BCUT2D eigenvalue weighted by Gasteiger charge is 2.41. The summed E-state index contributed by atoms with van der Waals surface area (Å²) < 4.78 is 4.97. The zero-order chi connectivity index (χ0) is 20.0. The predicted octanol–water partition coefficient (Wildman–Crippen LogP) is 3.49. The van der Waals surface area contributed by atoms with Crippen molar-refractivity contribution in [1.82, 2.24) is 5.32 Å². The summed E-state index contributed by atoms with van der Waals surface area (Å²) in [6, 6.07) is 28.8. The smallest absolute Gasteiger partial charge is 0.325 e. The third-order valence-electron chi connectivity index (χ3n) is 4.93. The number of nitrogens with one attached hydrogen (secondary N) is 1. The molecule has 28 heavy (non-hydrogen) atoms. The highest BCUT2D eigenvalue weighted by Crippen LogP contribution is 2.37. The second kappa shape index (κ2) is 8.83. The molecule has 4 nitrogen and oxygen atoms in total. The number of hydrogen-bond donors (Lipinski definition) is 2. The molecule has 0 spiro atoms. The van der Waals surface area contributed by atoms with Crippen molar-refractivity contribution in [2.45, 2.75) is 24.6 Å². The Hall–Kier alpha value is -2.95. The molecular formula is C24H25NO3. The number of ether oxygens (including phenoxy) is 1. The van der Waals surface area contributed by atoms with Gasteiger partial charge in [0.2, 0.25) is 0 Å². The first-order chi connectivity index (χ1) is 13.6. The third kappa shape index (κ3) is 3.84. The normalized spacial score (nSPS) is 13.5. The maximum Gasteiger partial charge on any atom is 0.325 e. The average molecular weight is 375 g/mol. The molecule has 3 rings (SSSR count). The first kappa shape index (κ1) is 19.8. The lowest BCUT2D eigenvalue weighted by Gasteiger charge is -2.40. The maximum atomic E-state index is 12.5. The molecule has 0 saturated carbocycles. The summed E-state index contributed by atoms with van der Waals surface area (Å²) >= 11 is 0. The summed E-state index contributed by atoms with van der Waals surface area (Å²) in [7, 11) is 1.33. The molecule has 4 heteroatoms. The van der Waals surface area contributed by atoms with Crippen molar-refractivity contribution in [3.05, 3.63) is 108 Å². The fourth-order valence-electron chi connectivity index (χ4n) is 3.55. The van der Waals surface area contributed by atoms with E-state index in [2.05, 4.69) is 5.32 Å². The van der Waals surface area contributed by atoms with Gasteiger partial charge in [-0.1, -0.05) is 91.0 Å². The number of carbonyl (C=O) groups is 1. The minimum atomic E-state index is -0.942. The van der Waals surface area contributed by atoms with Crippen molar-refractivity contribution < 1.29 is 14.6 Å². The maximum absolute atomic E-state index is 12.5. The lowest BCUT2D eigenvalue weighted by molar-refractivity contribution is -0.146. The van der Waals surface area contributed by atoms with Gasteiger partial charge in [-0.3, -0.25) is 10.1 Å². The Labute approximate surface area is 165 Å². The van der Waals surface area contributed by atoms with E-state index in [9.17, 15) is 9.90 Å². The zero-order valence-corrected chi connectivity index (χ0v) is 16.1. The molecule has 144 valence electrons. The second-order valence-corrected chi connectivity index (χ2v) is 6.73. The molecule has 0 aromatic heterocycles. The molecule has 3 aromatic carbocycles. The molecule has 0 amide bonds. The van der Waals surface area contributed by atoms with E-state index in [1.165, 1.54) is 7.11 Å². The molecule has 0 unspecified atom stereocenters. The van der Waals surface area contributed by atoms with Crippen LogP contribution in [-0.4, -0.2) is 30.3 Å². The SMILES string of the molecule is COC(=O)[C@H](NC(c1ccccc1)(c1ccccc1)c1ccccc1)[C@@H](C)O. The molecule has 0 heterocycles. The summed E-state index contributed by atoms with van der Waals surface area (Å²) in [6.45, 7) is 1.58. The van der Waals surface area contributed by atoms with E-state index >= 15 is 0 Å². The number of methoxy groups -OCH3 is 1. The van der Waals surface area contributed by atoms with E-state index in [4.69, 9.17) is 4.74 Å². The molecular weight excluding hydrogens is 350 g/mol. The quantitative estimate of drug-likeness (QED) is 0.490. The summed E-state index contributed by atoms with van der Waals surface area (Å²) in [5, 5.41) is 13.8. The summed E-state index contributed by atoms with van der Waals surface area (Å²) in [5.41, 5.74) is 2.03. The van der Waals surface area contributed by atoms with Gasteiger partial charge < -0.3 is 9.84 Å². The van der Waals surface area contributed by atoms with Crippen LogP contribution < -0.4 is 5.32 Å². The van der Waals surface area contributed by atoms with Crippen LogP contribution in [0.25, 0.3) is 0 Å². The van der Waals surface area contributed by atoms with Gasteiger partial charge in [-0.05, 0) is 23.6 Å². The first-order valence-electron chi connectivity index (χ1n) is 9.29. The Morgan fingerprint density at radius 3 is 1.46 bits per heavy atom. The number of aliphatic hydroxyl groups excluding tert-OH is 1. The topological polar surface area (TPSA) is 58.6 Å². The summed E-state index contributed by atoms with van der Waals surface area (Å²) in [4.78, 5) is 12.5. The van der Waals surface area contributed by atoms with Gasteiger partial charge in [0.25, 0.3) is 0 Å². The van der Waals surface area contributed by atoms with Crippen LogP contribution in [0.15, 0.2) is 91.0 Å². The number of carbonyl (C=O) groups excluding carboxylic acids is 1. The second-order valence-electron chi connectivity index (χ2n) is 6.73. The van der Waals surface area contributed by atoms with Crippen LogP contribution >= 0.6 is 0 Å². The van der Waals surface area contributed by atoms with E-state index in [1.807, 2.05) is 91.0 Å². The average Bonchev–Trinajstić information content (AvgIpc) is 2.76. The number of benzene rings is 3. The van der Waals surface area contributed by atoms with Gasteiger partial charge in [-0.2, -0.15) is 0 Å². The van der Waals surface area contributed by atoms with Gasteiger partial charge in [-0.25, -0.2) is 0 Å². The van der Waals surface area contributed by atoms with Crippen LogP contribution in [0.3, 0.4) is 0 Å². The van der Waals surface area contributed by atoms with E-state index in [0.29, 0.717) is 0 Å². The van der Waals surface area contributed by atoms with Crippen molar-refractivity contribution in [2.75, 3.05) is 7.11 Å². The minimum absolute atomic E-state index is 0.512. The monoisotopic (exact) mass is 375 g/mol. The highest BCUT2D eigenvalue weighted by atomic mass is 16.5. The molecule has 0 aliphatic carbocycles. The molecule has 0 fully saturated rings. The van der Waals surface area contributed by atoms with Crippen molar-refractivity contribution in [2.24, 2.45) is 0 Å². The minimum Gasteiger partial charge on any atom is -0.468 e. The Kier molecular flexibility index (Phi) is 6.24. The molecule has 2 atom stereocenters. The van der Waals surface area contributed by atoms with E-state index in [0.717, 1.165) is 16.7 Å². The Morgan fingerprint density at radius 1 is 0.821 bits per heavy atom. The van der Waals surface area contributed by atoms with E-state index in [-0.39, 0.29) is 0 Å². The van der Waals surface area contributed by atoms with Gasteiger partial charge in [0.1, 0.15) is 6.04 Å². The van der Waals surface area contributed by atoms with Crippen molar-refractivity contribution in [3.63, 3.8) is 0 Å². The molecule has 3 aromatic rings. The fraction of sp³-hybridized carbons (Fsp3) is 0.208. The summed E-state index contributed by atoms with van der Waals surface area (Å²) in [5.74, 6) is -0.512. The number of aliphatic hydroxyl groups is 1. The zero-order valence-electron chi connectivity index (χ0n) is 16.1. The van der Waals surface area contributed by atoms with Gasteiger partial charge >= 0.3 is 5.97 Å². The fourth-order valence-corrected chi connectivity index (χ4v) is 3.55. The standard InChI is InChI=1S/C24H25NO3/c1-18(26)22(23(27)28-2)25-24(19-12-6-3-7-13-19,20-14-8-4-9-15-20)21-16-10-5-11-17-21/h3-18,22,25-26H,1-2H3/t18-,22-/m1/s1. The van der Waals surface area contributed by atoms with Gasteiger partial charge in [-0.15, -0.1) is 0 Å². The lowest BCUT2D eigenvalue weighted by Crippen LogP contribution is -2.56. The lowest BCUT2D eigenvalue weighted by atomic mass is 9.76. The van der Waals surface area contributed by atoms with Gasteiger partial charge in [0.05, 0.1) is 18.8 Å². The van der Waals surface area contributed by atoms with Crippen molar-refractivity contribution in [3.8, 4) is 0 Å². The van der Waals surface area contributed by atoms with Gasteiger partial charge in [0, 0.05) is 0 Å². The van der Waals surface area contributed by atoms with Crippen LogP contribution in [0.2, 0.25) is 0 Å². The Balaban J connectivity index is 2.29.